The number of nitrogens with one attached hydrogen (secondary N) is 1. The number of halogens is 4. The fourth-order valence-corrected chi connectivity index (χ4v) is 2.36. The highest BCUT2D eigenvalue weighted by atomic mass is 79.9. The van der Waals surface area contributed by atoms with Crippen molar-refractivity contribution >= 4 is 27.5 Å². The van der Waals surface area contributed by atoms with E-state index >= 15 is 0 Å². The van der Waals surface area contributed by atoms with E-state index in [0.29, 0.717) is 23.3 Å². The van der Waals surface area contributed by atoms with E-state index in [-0.39, 0.29) is 11.4 Å². The van der Waals surface area contributed by atoms with Gasteiger partial charge in [-0.05, 0) is 31.0 Å². The number of piperidine rings is 1. The summed E-state index contributed by atoms with van der Waals surface area (Å²) in [6, 6.07) is 4.44. The molecule has 0 radical (unpaired) electrons. The molecular formula is C12H12BrF3N2O. The van der Waals surface area contributed by atoms with Crippen LogP contribution in [0.2, 0.25) is 0 Å². The molecule has 0 amide bonds. The zero-order valence-corrected chi connectivity index (χ0v) is 11.5. The molecule has 0 aromatic heterocycles. The van der Waals surface area contributed by atoms with Gasteiger partial charge in [0.25, 0.3) is 0 Å². The maximum absolute atomic E-state index is 12.4. The number of alkyl halides is 3. The zero-order chi connectivity index (χ0) is 14.0. The monoisotopic (exact) mass is 336 g/mol. The van der Waals surface area contributed by atoms with Gasteiger partial charge in [-0.25, -0.2) is 0 Å². The van der Waals surface area contributed by atoms with Gasteiger partial charge >= 0.3 is 6.36 Å². The van der Waals surface area contributed by atoms with Crippen LogP contribution >= 0.6 is 15.9 Å². The zero-order valence-electron chi connectivity index (χ0n) is 9.93. The molecule has 1 fully saturated rings. The molecule has 0 atom stereocenters. The van der Waals surface area contributed by atoms with Crippen LogP contribution < -0.4 is 9.64 Å². The van der Waals surface area contributed by atoms with Crippen molar-refractivity contribution in [3.8, 4) is 5.75 Å². The summed E-state index contributed by atoms with van der Waals surface area (Å²) in [6.45, 7) is 0.536. The molecule has 1 aliphatic rings. The van der Waals surface area contributed by atoms with Crippen molar-refractivity contribution in [1.82, 2.24) is 0 Å². The van der Waals surface area contributed by atoms with E-state index in [9.17, 15) is 13.2 Å². The summed E-state index contributed by atoms with van der Waals surface area (Å²) in [5, 5.41) is 7.84. The van der Waals surface area contributed by atoms with E-state index in [1.807, 2.05) is 0 Å². The third-order valence-corrected chi connectivity index (χ3v) is 3.30. The van der Waals surface area contributed by atoms with Gasteiger partial charge in [0, 0.05) is 17.4 Å². The van der Waals surface area contributed by atoms with Crippen molar-refractivity contribution in [2.75, 3.05) is 11.4 Å². The van der Waals surface area contributed by atoms with Crippen molar-refractivity contribution in [1.29, 1.82) is 5.41 Å². The van der Waals surface area contributed by atoms with E-state index < -0.39 is 6.36 Å². The summed E-state index contributed by atoms with van der Waals surface area (Å²) in [5.74, 6) is 0.0362. The molecule has 104 valence electrons. The van der Waals surface area contributed by atoms with Crippen LogP contribution in [0, 0.1) is 5.41 Å². The van der Waals surface area contributed by atoms with Crippen LogP contribution in [0.15, 0.2) is 22.7 Å². The Morgan fingerprint density at radius 2 is 2.00 bits per heavy atom. The average Bonchev–Trinajstić information content (AvgIpc) is 2.28. The molecule has 0 aliphatic carbocycles. The number of nitrogens with zero attached hydrogens (tertiary/aromatic N) is 1. The number of anilines is 1. The number of rotatable bonds is 2. The van der Waals surface area contributed by atoms with Gasteiger partial charge in [0.05, 0.1) is 5.69 Å². The predicted molar refractivity (Wildman–Crippen MR) is 69.7 cm³/mol. The highest BCUT2D eigenvalue weighted by Crippen LogP contribution is 2.36. The SMILES string of the molecule is N=C1CCCCN1c1ccc(Br)cc1OC(F)(F)F. The van der Waals surface area contributed by atoms with Crippen LogP contribution in [0.1, 0.15) is 19.3 Å². The molecule has 7 heteroatoms. The van der Waals surface area contributed by atoms with E-state index in [1.165, 1.54) is 12.1 Å². The van der Waals surface area contributed by atoms with Gasteiger partial charge in [-0.3, -0.25) is 5.41 Å². The quantitative estimate of drug-likeness (QED) is 0.873. The molecule has 3 nitrogen and oxygen atoms in total. The summed E-state index contributed by atoms with van der Waals surface area (Å²) < 4.78 is 41.8. The second kappa shape index (κ2) is 5.40. The first-order valence-corrected chi connectivity index (χ1v) is 6.56. The van der Waals surface area contributed by atoms with E-state index in [2.05, 4.69) is 20.7 Å². The third-order valence-electron chi connectivity index (χ3n) is 2.81. The lowest BCUT2D eigenvalue weighted by Gasteiger charge is -2.30. The van der Waals surface area contributed by atoms with E-state index in [4.69, 9.17) is 5.41 Å². The molecule has 0 saturated carbocycles. The normalized spacial score (nSPS) is 16.6. The summed E-state index contributed by atoms with van der Waals surface area (Å²) in [6.07, 6.45) is -2.43. The molecule has 19 heavy (non-hydrogen) atoms. The van der Waals surface area contributed by atoms with Gasteiger partial charge in [-0.1, -0.05) is 15.9 Å². The number of benzene rings is 1. The molecule has 0 unspecified atom stereocenters. The average molecular weight is 337 g/mol. The van der Waals surface area contributed by atoms with Crippen LogP contribution in [0.5, 0.6) is 5.75 Å². The lowest BCUT2D eigenvalue weighted by molar-refractivity contribution is -0.274. The smallest absolute Gasteiger partial charge is 0.404 e. The predicted octanol–water partition coefficient (Wildman–Crippen LogP) is 4.32. The van der Waals surface area contributed by atoms with Gasteiger partial charge in [0.2, 0.25) is 0 Å². The molecule has 1 heterocycles. The second-order valence-corrected chi connectivity index (χ2v) is 5.13. The highest BCUT2D eigenvalue weighted by Gasteiger charge is 2.33. The topological polar surface area (TPSA) is 36.3 Å². The molecule has 2 rings (SSSR count). The lowest BCUT2D eigenvalue weighted by atomic mass is 10.1. The Balaban J connectivity index is 2.35. The standard InChI is InChI=1S/C12H12BrF3N2O/c13-8-4-5-9(10(7-8)19-12(14,15)16)18-6-2-1-3-11(18)17/h4-5,7,17H,1-3,6H2. The van der Waals surface area contributed by atoms with Crippen molar-refractivity contribution in [3.63, 3.8) is 0 Å². The first kappa shape index (κ1) is 14.2. The number of hydrogen-bond acceptors (Lipinski definition) is 2. The van der Waals surface area contributed by atoms with Gasteiger partial charge < -0.3 is 9.64 Å². The molecular weight excluding hydrogens is 325 g/mol. The van der Waals surface area contributed by atoms with Crippen molar-refractivity contribution in [2.24, 2.45) is 0 Å². The molecule has 1 aliphatic heterocycles. The molecule has 1 aromatic carbocycles. The molecule has 1 N–H and O–H groups in total. The van der Waals surface area contributed by atoms with E-state index in [1.54, 1.807) is 11.0 Å². The van der Waals surface area contributed by atoms with Crippen molar-refractivity contribution in [3.05, 3.63) is 22.7 Å². The summed E-state index contributed by atoms with van der Waals surface area (Å²) >= 11 is 3.12. The van der Waals surface area contributed by atoms with Crippen LogP contribution in [0.25, 0.3) is 0 Å². The largest absolute Gasteiger partial charge is 0.573 e. The first-order valence-electron chi connectivity index (χ1n) is 5.77. The minimum Gasteiger partial charge on any atom is -0.404 e. The third kappa shape index (κ3) is 3.62. The molecule has 0 bridgehead atoms. The van der Waals surface area contributed by atoms with Gasteiger partial charge in [0.15, 0.2) is 5.75 Å². The molecule has 0 spiro atoms. The van der Waals surface area contributed by atoms with Crippen LogP contribution in [0.4, 0.5) is 18.9 Å². The Morgan fingerprint density at radius 3 is 2.63 bits per heavy atom. The fraction of sp³-hybridized carbons (Fsp3) is 0.417. The van der Waals surface area contributed by atoms with E-state index in [0.717, 1.165) is 12.8 Å². The van der Waals surface area contributed by atoms with Crippen LogP contribution in [-0.4, -0.2) is 18.7 Å². The Bertz CT molecular complexity index is 490. The number of amidine groups is 1. The van der Waals surface area contributed by atoms with Crippen LogP contribution in [-0.2, 0) is 0 Å². The number of hydrogen-bond donors (Lipinski definition) is 1. The lowest BCUT2D eigenvalue weighted by Crippen LogP contribution is -2.35. The maximum atomic E-state index is 12.4. The Labute approximate surface area is 117 Å². The first-order chi connectivity index (χ1) is 8.87. The Morgan fingerprint density at radius 1 is 1.26 bits per heavy atom. The molecule has 1 aromatic rings. The number of ether oxygens (including phenoxy) is 1. The second-order valence-electron chi connectivity index (χ2n) is 4.22. The minimum absolute atomic E-state index is 0.283. The van der Waals surface area contributed by atoms with Gasteiger partial charge in [-0.2, -0.15) is 0 Å². The fourth-order valence-electron chi connectivity index (χ4n) is 2.02. The highest BCUT2D eigenvalue weighted by molar-refractivity contribution is 9.10. The maximum Gasteiger partial charge on any atom is 0.573 e. The van der Waals surface area contributed by atoms with Crippen LogP contribution in [0.3, 0.4) is 0 Å². The summed E-state index contributed by atoms with van der Waals surface area (Å²) in [4.78, 5) is 1.57. The molecule has 1 saturated heterocycles. The van der Waals surface area contributed by atoms with Gasteiger partial charge in [-0.15, -0.1) is 13.2 Å². The van der Waals surface area contributed by atoms with Gasteiger partial charge in [0.1, 0.15) is 5.84 Å². The van der Waals surface area contributed by atoms with Crippen molar-refractivity contribution < 1.29 is 17.9 Å². The van der Waals surface area contributed by atoms with Crippen molar-refractivity contribution in [2.45, 2.75) is 25.6 Å². The Kier molecular flexibility index (Phi) is 4.03. The minimum atomic E-state index is -4.74. The summed E-state index contributed by atoms with van der Waals surface area (Å²) in [5.41, 5.74) is 0.283. The Hall–Kier alpha value is -1.24. The summed E-state index contributed by atoms with van der Waals surface area (Å²) in [7, 11) is 0.